The lowest BCUT2D eigenvalue weighted by atomic mass is 9.72. The maximum Gasteiger partial charge on any atom is 0.0199 e. The molecular weight excluding hydrogens is 204 g/mol. The highest BCUT2D eigenvalue weighted by Gasteiger charge is 2.37. The van der Waals surface area contributed by atoms with E-state index in [9.17, 15) is 0 Å². The Labute approximate surface area is 105 Å². The van der Waals surface area contributed by atoms with Crippen LogP contribution in [0.1, 0.15) is 45.1 Å². The molecule has 1 aliphatic rings. The van der Waals surface area contributed by atoms with Crippen molar-refractivity contribution in [1.29, 1.82) is 0 Å². The van der Waals surface area contributed by atoms with Crippen molar-refractivity contribution in [3.05, 3.63) is 59.7 Å². The van der Waals surface area contributed by atoms with Gasteiger partial charge in [-0.3, -0.25) is 0 Å². The molecule has 1 saturated carbocycles. The first-order valence-corrected chi connectivity index (χ1v) is 6.68. The van der Waals surface area contributed by atoms with Crippen molar-refractivity contribution < 1.29 is 0 Å². The van der Waals surface area contributed by atoms with Crippen molar-refractivity contribution >= 4 is 0 Å². The fourth-order valence-corrected chi connectivity index (χ4v) is 3.19. The molecule has 17 heavy (non-hydrogen) atoms. The van der Waals surface area contributed by atoms with Crippen LogP contribution in [-0.4, -0.2) is 0 Å². The van der Waals surface area contributed by atoms with E-state index < -0.39 is 0 Å². The lowest BCUT2D eigenvalue weighted by Gasteiger charge is -2.31. The highest BCUT2D eigenvalue weighted by atomic mass is 14.4. The maximum absolute atomic E-state index is 2.29. The SMILES string of the molecule is C/C=C\C(=C/C)C1(c2ccccc2)CCCC1. The fraction of sp³-hybridized carbons (Fsp3) is 0.412. The van der Waals surface area contributed by atoms with Crippen LogP contribution in [0.4, 0.5) is 0 Å². The van der Waals surface area contributed by atoms with Gasteiger partial charge >= 0.3 is 0 Å². The summed E-state index contributed by atoms with van der Waals surface area (Å²) in [7, 11) is 0. The van der Waals surface area contributed by atoms with Crippen molar-refractivity contribution in [3.63, 3.8) is 0 Å². The minimum absolute atomic E-state index is 0.280. The Morgan fingerprint density at radius 2 is 1.71 bits per heavy atom. The Kier molecular flexibility index (Phi) is 3.83. The molecule has 0 aliphatic heterocycles. The largest absolute Gasteiger partial charge is 0.0874 e. The maximum atomic E-state index is 2.29. The van der Waals surface area contributed by atoms with Crippen LogP contribution in [0, 0.1) is 0 Å². The second kappa shape index (κ2) is 5.35. The third kappa shape index (κ3) is 2.22. The molecule has 90 valence electrons. The van der Waals surface area contributed by atoms with Crippen LogP contribution in [0.3, 0.4) is 0 Å². The van der Waals surface area contributed by atoms with Gasteiger partial charge in [-0.1, -0.05) is 61.4 Å². The molecule has 0 saturated heterocycles. The number of hydrogen-bond acceptors (Lipinski definition) is 0. The Balaban J connectivity index is 2.46. The van der Waals surface area contributed by atoms with E-state index in [-0.39, 0.29) is 5.41 Å². The van der Waals surface area contributed by atoms with E-state index in [4.69, 9.17) is 0 Å². The summed E-state index contributed by atoms with van der Waals surface area (Å²) in [6.07, 6.45) is 12.0. The van der Waals surface area contributed by atoms with Crippen molar-refractivity contribution in [2.24, 2.45) is 0 Å². The normalized spacial score (nSPS) is 20.0. The Bertz CT molecular complexity index is 403. The summed E-state index contributed by atoms with van der Waals surface area (Å²) in [4.78, 5) is 0. The average molecular weight is 226 g/mol. The van der Waals surface area contributed by atoms with Crippen molar-refractivity contribution in [2.75, 3.05) is 0 Å². The monoisotopic (exact) mass is 226 g/mol. The molecule has 0 atom stereocenters. The molecule has 0 heteroatoms. The zero-order chi connectivity index (χ0) is 12.1. The highest BCUT2D eigenvalue weighted by Crippen LogP contribution is 2.46. The van der Waals surface area contributed by atoms with Gasteiger partial charge in [-0.2, -0.15) is 0 Å². The Hall–Kier alpha value is -1.30. The van der Waals surface area contributed by atoms with Crippen LogP contribution in [-0.2, 0) is 5.41 Å². The number of hydrogen-bond donors (Lipinski definition) is 0. The van der Waals surface area contributed by atoms with Gasteiger partial charge in [-0.05, 0) is 37.8 Å². The van der Waals surface area contributed by atoms with E-state index in [1.165, 1.54) is 36.8 Å². The Morgan fingerprint density at radius 3 is 2.24 bits per heavy atom. The molecule has 2 rings (SSSR count). The van der Waals surface area contributed by atoms with Crippen LogP contribution in [0.2, 0.25) is 0 Å². The number of benzene rings is 1. The van der Waals surface area contributed by atoms with E-state index >= 15 is 0 Å². The first-order valence-electron chi connectivity index (χ1n) is 6.68. The summed E-state index contributed by atoms with van der Waals surface area (Å²) in [5, 5.41) is 0. The van der Waals surface area contributed by atoms with Crippen LogP contribution in [0.15, 0.2) is 54.1 Å². The van der Waals surface area contributed by atoms with Gasteiger partial charge in [-0.25, -0.2) is 0 Å². The second-order valence-electron chi connectivity index (χ2n) is 4.90. The van der Waals surface area contributed by atoms with Gasteiger partial charge in [0.2, 0.25) is 0 Å². The second-order valence-corrected chi connectivity index (χ2v) is 4.90. The minimum Gasteiger partial charge on any atom is -0.0874 e. The first kappa shape index (κ1) is 12.2. The van der Waals surface area contributed by atoms with Crippen molar-refractivity contribution in [2.45, 2.75) is 44.9 Å². The third-order valence-electron chi connectivity index (χ3n) is 3.99. The van der Waals surface area contributed by atoms with Gasteiger partial charge in [0.25, 0.3) is 0 Å². The summed E-state index contributed by atoms with van der Waals surface area (Å²) in [5.74, 6) is 0. The lowest BCUT2D eigenvalue weighted by Crippen LogP contribution is -2.24. The quantitative estimate of drug-likeness (QED) is 0.635. The van der Waals surface area contributed by atoms with Gasteiger partial charge < -0.3 is 0 Å². The molecular formula is C17H22. The molecule has 0 amide bonds. The average Bonchev–Trinajstić information content (AvgIpc) is 2.87. The molecule has 0 bridgehead atoms. The van der Waals surface area contributed by atoms with Gasteiger partial charge in [0.05, 0.1) is 0 Å². The zero-order valence-corrected chi connectivity index (χ0v) is 10.9. The molecule has 0 spiro atoms. The van der Waals surface area contributed by atoms with E-state index in [1.54, 1.807) is 0 Å². The molecule has 1 aromatic carbocycles. The van der Waals surface area contributed by atoms with Gasteiger partial charge in [-0.15, -0.1) is 0 Å². The number of rotatable bonds is 3. The number of allylic oxidation sites excluding steroid dienone is 4. The topological polar surface area (TPSA) is 0 Å². The third-order valence-corrected chi connectivity index (χ3v) is 3.99. The Morgan fingerprint density at radius 1 is 1.06 bits per heavy atom. The van der Waals surface area contributed by atoms with Crippen LogP contribution >= 0.6 is 0 Å². The predicted octanol–water partition coefficient (Wildman–Crippen LogP) is 5.02. The molecule has 0 nitrogen and oxygen atoms in total. The smallest absolute Gasteiger partial charge is 0.0199 e. The molecule has 0 radical (unpaired) electrons. The standard InChI is InChI=1S/C17H22/c1-3-10-15(4-2)17(13-8-9-14-17)16-11-6-5-7-12-16/h3-7,10-12H,8-9,13-14H2,1-2H3/b10-3-,15-4+. The molecule has 0 aromatic heterocycles. The van der Waals surface area contributed by atoms with Crippen LogP contribution in [0.5, 0.6) is 0 Å². The van der Waals surface area contributed by atoms with E-state index in [1.807, 2.05) is 0 Å². The van der Waals surface area contributed by atoms with E-state index in [0.717, 1.165) is 0 Å². The first-order chi connectivity index (χ1) is 8.33. The van der Waals surface area contributed by atoms with Gasteiger partial charge in [0.15, 0.2) is 0 Å². The van der Waals surface area contributed by atoms with E-state index in [0.29, 0.717) is 0 Å². The summed E-state index contributed by atoms with van der Waals surface area (Å²) in [6, 6.07) is 11.0. The van der Waals surface area contributed by atoms with E-state index in [2.05, 4.69) is 62.4 Å². The summed E-state index contributed by atoms with van der Waals surface area (Å²) in [5.41, 5.74) is 3.26. The summed E-state index contributed by atoms with van der Waals surface area (Å²) < 4.78 is 0. The zero-order valence-electron chi connectivity index (χ0n) is 10.9. The van der Waals surface area contributed by atoms with Gasteiger partial charge in [0.1, 0.15) is 0 Å². The lowest BCUT2D eigenvalue weighted by molar-refractivity contribution is 0.533. The molecule has 1 aromatic rings. The molecule has 0 N–H and O–H groups in total. The van der Waals surface area contributed by atoms with Crippen LogP contribution < -0.4 is 0 Å². The van der Waals surface area contributed by atoms with Crippen molar-refractivity contribution in [1.82, 2.24) is 0 Å². The molecule has 0 unspecified atom stereocenters. The fourth-order valence-electron chi connectivity index (χ4n) is 3.19. The highest BCUT2D eigenvalue weighted by molar-refractivity contribution is 5.42. The molecule has 1 aliphatic carbocycles. The molecule has 1 fully saturated rings. The summed E-state index contributed by atoms with van der Waals surface area (Å²) in [6.45, 7) is 4.27. The van der Waals surface area contributed by atoms with Crippen LogP contribution in [0.25, 0.3) is 0 Å². The van der Waals surface area contributed by atoms with Gasteiger partial charge in [0, 0.05) is 5.41 Å². The van der Waals surface area contributed by atoms with Crippen molar-refractivity contribution in [3.8, 4) is 0 Å². The predicted molar refractivity (Wildman–Crippen MR) is 75.2 cm³/mol. The summed E-state index contributed by atoms with van der Waals surface area (Å²) >= 11 is 0. The minimum atomic E-state index is 0.280. The molecule has 0 heterocycles.